The van der Waals surface area contributed by atoms with Crippen LogP contribution in [0.5, 0.6) is 11.5 Å². The van der Waals surface area contributed by atoms with Gasteiger partial charge in [0.2, 0.25) is 8.32 Å². The third kappa shape index (κ3) is 3.73. The van der Waals surface area contributed by atoms with Gasteiger partial charge in [-0.1, -0.05) is 45.0 Å². The van der Waals surface area contributed by atoms with Crippen molar-refractivity contribution >= 4 is 24.8 Å². The number of hydrogen-bond acceptors (Lipinski definition) is 4. The van der Waals surface area contributed by atoms with Crippen molar-refractivity contribution in [2.75, 3.05) is 0 Å². The molecule has 0 unspecified atom stereocenters. The summed E-state index contributed by atoms with van der Waals surface area (Å²) in [5.41, 5.74) is 1.69. The first-order chi connectivity index (χ1) is 13.0. The van der Waals surface area contributed by atoms with Gasteiger partial charge >= 0.3 is 5.69 Å². The molecule has 0 aliphatic heterocycles. The number of benzene rings is 3. The van der Waals surface area contributed by atoms with Crippen molar-refractivity contribution in [2.24, 2.45) is 0 Å². The van der Waals surface area contributed by atoms with Gasteiger partial charge in [-0.25, -0.2) is 0 Å². The zero-order chi connectivity index (χ0) is 20.7. The largest absolute Gasteiger partial charge is 0.544 e. The molecule has 0 saturated heterocycles. The van der Waals surface area contributed by atoms with E-state index in [1.165, 1.54) is 6.07 Å². The molecule has 0 heterocycles. The van der Waals surface area contributed by atoms with E-state index in [2.05, 4.69) is 33.9 Å². The average Bonchev–Trinajstić information content (AvgIpc) is 2.60. The van der Waals surface area contributed by atoms with Gasteiger partial charge in [0, 0.05) is 0 Å². The lowest BCUT2D eigenvalue weighted by atomic mass is 10.00. The molecular weight excluding hydrogens is 370 g/mol. The summed E-state index contributed by atoms with van der Waals surface area (Å²) in [6.45, 7) is 11.1. The van der Waals surface area contributed by atoms with Crippen molar-refractivity contribution in [1.82, 2.24) is 0 Å². The van der Waals surface area contributed by atoms with Crippen molar-refractivity contribution in [3.05, 3.63) is 64.7 Å². The number of nitrogens with zero attached hydrogens (tertiary/aromatic N) is 1. The van der Waals surface area contributed by atoms with E-state index in [4.69, 9.17) is 4.43 Å². The summed E-state index contributed by atoms with van der Waals surface area (Å²) in [5.74, 6) is 0.536. The average molecular weight is 396 g/mol. The Balaban J connectivity index is 1.93. The number of rotatable bonds is 4. The monoisotopic (exact) mass is 395 g/mol. The van der Waals surface area contributed by atoms with Crippen molar-refractivity contribution < 1.29 is 14.5 Å². The predicted molar refractivity (Wildman–Crippen MR) is 116 cm³/mol. The minimum absolute atomic E-state index is 0.129. The van der Waals surface area contributed by atoms with E-state index in [0.29, 0.717) is 10.8 Å². The van der Waals surface area contributed by atoms with E-state index >= 15 is 0 Å². The summed E-state index contributed by atoms with van der Waals surface area (Å²) >= 11 is 0. The molecule has 0 aromatic heterocycles. The lowest BCUT2D eigenvalue weighted by Crippen LogP contribution is -2.43. The molecule has 0 fully saturated rings. The van der Waals surface area contributed by atoms with E-state index in [1.54, 1.807) is 12.1 Å². The van der Waals surface area contributed by atoms with Crippen molar-refractivity contribution in [3.8, 4) is 22.6 Å². The Hall–Kier alpha value is -2.86. The van der Waals surface area contributed by atoms with Gasteiger partial charge < -0.3 is 9.53 Å². The van der Waals surface area contributed by atoms with Crippen LogP contribution in [0.1, 0.15) is 20.8 Å². The second kappa shape index (κ2) is 6.94. The standard InChI is InChI=1S/C22H25NO4Si/c1-22(2,3)28(4,5)27-18-10-6-15(7-11-18)16-8-12-19-17(14-16)9-13-20(24)21(19)23(25)26/h6-14,24H,1-5H3. The molecule has 28 heavy (non-hydrogen) atoms. The molecule has 0 saturated carbocycles. The molecule has 0 amide bonds. The molecule has 6 heteroatoms. The number of phenolic OH excluding ortho intramolecular Hbond substituents is 1. The van der Waals surface area contributed by atoms with E-state index in [9.17, 15) is 15.2 Å². The third-order valence-corrected chi connectivity index (χ3v) is 9.88. The quantitative estimate of drug-likeness (QED) is 0.311. The Morgan fingerprint density at radius 1 is 0.964 bits per heavy atom. The normalized spacial score (nSPS) is 12.2. The van der Waals surface area contributed by atoms with Gasteiger partial charge in [0.05, 0.1) is 10.3 Å². The Labute approximate surface area is 165 Å². The Morgan fingerprint density at radius 2 is 1.57 bits per heavy atom. The van der Waals surface area contributed by atoms with Gasteiger partial charge in [0.15, 0.2) is 5.75 Å². The van der Waals surface area contributed by atoms with Crippen LogP contribution in [-0.4, -0.2) is 18.3 Å². The van der Waals surface area contributed by atoms with Crippen LogP contribution in [0.4, 0.5) is 5.69 Å². The highest BCUT2D eigenvalue weighted by Gasteiger charge is 2.38. The number of nitro benzene ring substituents is 1. The van der Waals surface area contributed by atoms with Crippen LogP contribution >= 0.6 is 0 Å². The maximum Gasteiger partial charge on any atom is 0.318 e. The Morgan fingerprint density at radius 3 is 2.14 bits per heavy atom. The van der Waals surface area contributed by atoms with E-state index < -0.39 is 13.2 Å². The molecule has 146 valence electrons. The second-order valence-corrected chi connectivity index (χ2v) is 13.2. The molecule has 0 radical (unpaired) electrons. The minimum atomic E-state index is -1.89. The third-order valence-electron chi connectivity index (χ3n) is 5.52. The minimum Gasteiger partial charge on any atom is -0.544 e. The zero-order valence-corrected chi connectivity index (χ0v) is 17.8. The highest BCUT2D eigenvalue weighted by Crippen LogP contribution is 2.38. The van der Waals surface area contributed by atoms with Crippen LogP contribution in [0, 0.1) is 10.1 Å². The summed E-state index contributed by atoms with van der Waals surface area (Å²) < 4.78 is 6.32. The Bertz CT molecular complexity index is 1040. The van der Waals surface area contributed by atoms with Crippen LogP contribution in [-0.2, 0) is 0 Å². The van der Waals surface area contributed by atoms with Crippen LogP contribution < -0.4 is 4.43 Å². The molecular formula is C22H25NO4Si. The first-order valence-electron chi connectivity index (χ1n) is 9.19. The highest BCUT2D eigenvalue weighted by atomic mass is 28.4. The first kappa shape index (κ1) is 19.9. The van der Waals surface area contributed by atoms with E-state index in [1.807, 2.05) is 36.4 Å². The number of phenols is 1. The molecule has 0 atom stereocenters. The van der Waals surface area contributed by atoms with Gasteiger partial charge in [0.25, 0.3) is 0 Å². The smallest absolute Gasteiger partial charge is 0.318 e. The lowest BCUT2D eigenvalue weighted by Gasteiger charge is -2.36. The van der Waals surface area contributed by atoms with Crippen LogP contribution in [0.15, 0.2) is 54.6 Å². The maximum absolute atomic E-state index is 11.2. The summed E-state index contributed by atoms with van der Waals surface area (Å²) in [5, 5.41) is 22.3. The molecule has 0 bridgehead atoms. The van der Waals surface area contributed by atoms with Gasteiger partial charge in [0.1, 0.15) is 5.75 Å². The van der Waals surface area contributed by atoms with Gasteiger partial charge in [-0.3, -0.25) is 10.1 Å². The van der Waals surface area contributed by atoms with Gasteiger partial charge in [-0.2, -0.15) is 0 Å². The summed E-state index contributed by atoms with van der Waals surface area (Å²) in [7, 11) is -1.89. The molecule has 1 N–H and O–H groups in total. The number of hydrogen-bond donors (Lipinski definition) is 1. The highest BCUT2D eigenvalue weighted by molar-refractivity contribution is 6.74. The van der Waals surface area contributed by atoms with Crippen LogP contribution in [0.3, 0.4) is 0 Å². The van der Waals surface area contributed by atoms with Crippen molar-refractivity contribution in [1.29, 1.82) is 0 Å². The first-order valence-corrected chi connectivity index (χ1v) is 12.1. The van der Waals surface area contributed by atoms with Crippen molar-refractivity contribution in [2.45, 2.75) is 38.9 Å². The molecule has 3 rings (SSSR count). The fourth-order valence-electron chi connectivity index (χ4n) is 2.84. The van der Waals surface area contributed by atoms with Crippen LogP contribution in [0.25, 0.3) is 21.9 Å². The zero-order valence-electron chi connectivity index (χ0n) is 16.8. The molecule has 3 aromatic carbocycles. The predicted octanol–water partition coefficient (Wildman–Crippen LogP) is 6.50. The molecule has 5 nitrogen and oxygen atoms in total. The number of aromatic hydroxyl groups is 1. The number of fused-ring (bicyclic) bond motifs is 1. The molecule has 3 aromatic rings. The summed E-state index contributed by atoms with van der Waals surface area (Å²) in [6, 6.07) is 16.4. The fourth-order valence-corrected chi connectivity index (χ4v) is 3.87. The van der Waals surface area contributed by atoms with E-state index in [0.717, 1.165) is 16.9 Å². The summed E-state index contributed by atoms with van der Waals surface area (Å²) in [4.78, 5) is 10.7. The number of nitro groups is 1. The topological polar surface area (TPSA) is 72.6 Å². The lowest BCUT2D eigenvalue weighted by molar-refractivity contribution is -0.384. The van der Waals surface area contributed by atoms with E-state index in [-0.39, 0.29) is 16.5 Å². The molecule has 0 aliphatic rings. The van der Waals surface area contributed by atoms with Gasteiger partial charge in [-0.05, 0) is 65.0 Å². The second-order valence-electron chi connectivity index (χ2n) is 8.51. The molecule has 0 aliphatic carbocycles. The van der Waals surface area contributed by atoms with Crippen LogP contribution in [0.2, 0.25) is 18.1 Å². The SMILES string of the molecule is CC(C)(C)[Si](C)(C)Oc1ccc(-c2ccc3c([N+](=O)[O-])c(O)ccc3c2)cc1. The maximum atomic E-state index is 11.2. The fraction of sp³-hybridized carbons (Fsp3) is 0.273. The van der Waals surface area contributed by atoms with Gasteiger partial charge in [-0.15, -0.1) is 0 Å². The van der Waals surface area contributed by atoms with Crippen molar-refractivity contribution in [3.63, 3.8) is 0 Å². The Kier molecular flexibility index (Phi) is 4.93. The molecule has 0 spiro atoms. The summed E-state index contributed by atoms with van der Waals surface area (Å²) in [6.07, 6.45) is 0.